The Hall–Kier alpha value is -0.800. The van der Waals surface area contributed by atoms with E-state index in [1.807, 2.05) is 19.1 Å². The van der Waals surface area contributed by atoms with E-state index < -0.39 is 0 Å². The standard InChI is InChI=1S/C18H31N3O3.HI/c1-3-22-11-5-9-19-18(20-10-7-17-6-4-12-24-17)21(2)14-16-8-13-23-15-16;/h4,6,12,16H,3,5,7-11,13-15H2,1-2H3,(H,19,20);1H. The smallest absolute Gasteiger partial charge is 0.193 e. The first kappa shape index (κ1) is 22.2. The molecule has 0 aromatic carbocycles. The maximum absolute atomic E-state index is 5.48. The van der Waals surface area contributed by atoms with Crippen molar-refractivity contribution in [3.63, 3.8) is 0 Å². The molecule has 1 aliphatic rings. The quantitative estimate of drug-likeness (QED) is 0.249. The fraction of sp³-hybridized carbons (Fsp3) is 0.722. The van der Waals surface area contributed by atoms with E-state index in [1.165, 1.54) is 0 Å². The Morgan fingerprint density at radius 3 is 3.04 bits per heavy atom. The zero-order valence-corrected chi connectivity index (χ0v) is 17.7. The van der Waals surface area contributed by atoms with Crippen molar-refractivity contribution in [2.24, 2.45) is 10.9 Å². The molecule has 2 heterocycles. The molecule has 1 aromatic heterocycles. The molecular formula is C18H32IN3O3. The summed E-state index contributed by atoms with van der Waals surface area (Å²) >= 11 is 0. The highest BCUT2D eigenvalue weighted by Crippen LogP contribution is 2.13. The number of guanidine groups is 1. The van der Waals surface area contributed by atoms with Gasteiger partial charge in [-0.15, -0.1) is 24.0 Å². The molecule has 7 heteroatoms. The van der Waals surface area contributed by atoms with Crippen LogP contribution >= 0.6 is 24.0 Å². The van der Waals surface area contributed by atoms with E-state index in [2.05, 4.69) is 17.3 Å². The number of nitrogens with zero attached hydrogens (tertiary/aromatic N) is 2. The Morgan fingerprint density at radius 2 is 2.36 bits per heavy atom. The lowest BCUT2D eigenvalue weighted by molar-refractivity contribution is 0.146. The molecule has 144 valence electrons. The van der Waals surface area contributed by atoms with Gasteiger partial charge >= 0.3 is 0 Å². The number of aliphatic imine (C=N–C) groups is 1. The third kappa shape index (κ3) is 8.91. The monoisotopic (exact) mass is 465 g/mol. The number of nitrogens with one attached hydrogen (secondary N) is 1. The summed E-state index contributed by atoms with van der Waals surface area (Å²) in [6.07, 6.45) is 4.64. The van der Waals surface area contributed by atoms with Crippen LogP contribution in [0.25, 0.3) is 0 Å². The molecule has 0 radical (unpaired) electrons. The van der Waals surface area contributed by atoms with Crippen molar-refractivity contribution in [3.05, 3.63) is 24.2 Å². The van der Waals surface area contributed by atoms with Gasteiger partial charge in [-0.1, -0.05) is 0 Å². The van der Waals surface area contributed by atoms with Crippen molar-refractivity contribution in [2.45, 2.75) is 26.2 Å². The van der Waals surface area contributed by atoms with Crippen LogP contribution in [-0.2, 0) is 15.9 Å². The van der Waals surface area contributed by atoms with Gasteiger partial charge < -0.3 is 24.1 Å². The average molecular weight is 465 g/mol. The van der Waals surface area contributed by atoms with E-state index >= 15 is 0 Å². The molecule has 1 fully saturated rings. The van der Waals surface area contributed by atoms with Crippen LogP contribution in [0.3, 0.4) is 0 Å². The first-order chi connectivity index (χ1) is 11.8. The maximum atomic E-state index is 5.48. The van der Waals surface area contributed by atoms with E-state index in [9.17, 15) is 0 Å². The normalized spacial score (nSPS) is 17.4. The van der Waals surface area contributed by atoms with E-state index in [1.54, 1.807) is 6.26 Å². The summed E-state index contributed by atoms with van der Waals surface area (Å²) in [7, 11) is 2.10. The second-order valence-corrected chi connectivity index (χ2v) is 6.12. The van der Waals surface area contributed by atoms with E-state index in [0.29, 0.717) is 5.92 Å². The average Bonchev–Trinajstić information content (AvgIpc) is 3.26. The minimum atomic E-state index is 0. The van der Waals surface area contributed by atoms with Crippen molar-refractivity contribution >= 4 is 29.9 Å². The Kier molecular flexibility index (Phi) is 11.9. The molecule has 1 aromatic rings. The predicted octanol–water partition coefficient (Wildman–Crippen LogP) is 2.78. The van der Waals surface area contributed by atoms with Crippen LogP contribution in [0.2, 0.25) is 0 Å². The predicted molar refractivity (Wildman–Crippen MR) is 111 cm³/mol. The van der Waals surface area contributed by atoms with E-state index in [-0.39, 0.29) is 24.0 Å². The number of hydrogen-bond donors (Lipinski definition) is 1. The summed E-state index contributed by atoms with van der Waals surface area (Å²) in [4.78, 5) is 6.95. The van der Waals surface area contributed by atoms with Gasteiger partial charge in [-0.05, 0) is 31.9 Å². The molecule has 0 spiro atoms. The van der Waals surface area contributed by atoms with Crippen LogP contribution in [-0.4, -0.2) is 64.0 Å². The first-order valence-electron chi connectivity index (χ1n) is 8.97. The summed E-state index contributed by atoms with van der Waals surface area (Å²) in [5.74, 6) is 2.53. The Balaban J connectivity index is 0.00000312. The van der Waals surface area contributed by atoms with Crippen molar-refractivity contribution in [3.8, 4) is 0 Å². The lowest BCUT2D eigenvalue weighted by atomic mass is 10.1. The highest BCUT2D eigenvalue weighted by molar-refractivity contribution is 14.0. The van der Waals surface area contributed by atoms with Crippen LogP contribution in [0.1, 0.15) is 25.5 Å². The number of furan rings is 1. The molecule has 0 amide bonds. The number of ether oxygens (including phenoxy) is 2. The Morgan fingerprint density at radius 1 is 1.48 bits per heavy atom. The second kappa shape index (κ2) is 13.4. The van der Waals surface area contributed by atoms with Crippen LogP contribution < -0.4 is 5.32 Å². The highest BCUT2D eigenvalue weighted by atomic mass is 127. The molecule has 6 nitrogen and oxygen atoms in total. The molecule has 0 bridgehead atoms. The third-order valence-corrected chi connectivity index (χ3v) is 4.06. The van der Waals surface area contributed by atoms with Crippen LogP contribution in [0.5, 0.6) is 0 Å². The third-order valence-electron chi connectivity index (χ3n) is 4.06. The lowest BCUT2D eigenvalue weighted by Gasteiger charge is -2.25. The fourth-order valence-corrected chi connectivity index (χ4v) is 2.76. The lowest BCUT2D eigenvalue weighted by Crippen LogP contribution is -2.42. The molecule has 1 N–H and O–H groups in total. The molecule has 1 unspecified atom stereocenters. The topological polar surface area (TPSA) is 59.2 Å². The van der Waals surface area contributed by atoms with Crippen LogP contribution in [0.4, 0.5) is 0 Å². The fourth-order valence-electron chi connectivity index (χ4n) is 2.76. The van der Waals surface area contributed by atoms with Gasteiger partial charge in [-0.25, -0.2) is 0 Å². The molecule has 1 aliphatic heterocycles. The largest absolute Gasteiger partial charge is 0.469 e. The molecule has 0 aliphatic carbocycles. The van der Waals surface area contributed by atoms with Gasteiger partial charge in [0.2, 0.25) is 0 Å². The van der Waals surface area contributed by atoms with Gasteiger partial charge in [0, 0.05) is 58.8 Å². The van der Waals surface area contributed by atoms with Crippen LogP contribution in [0.15, 0.2) is 27.8 Å². The van der Waals surface area contributed by atoms with Crippen molar-refractivity contribution < 1.29 is 13.9 Å². The van der Waals surface area contributed by atoms with Gasteiger partial charge in [0.15, 0.2) is 5.96 Å². The molecule has 1 atom stereocenters. The van der Waals surface area contributed by atoms with Gasteiger partial charge in [0.25, 0.3) is 0 Å². The minimum absolute atomic E-state index is 0. The molecule has 0 saturated carbocycles. The maximum Gasteiger partial charge on any atom is 0.193 e. The molecule has 25 heavy (non-hydrogen) atoms. The van der Waals surface area contributed by atoms with Gasteiger partial charge in [0.05, 0.1) is 12.9 Å². The zero-order valence-electron chi connectivity index (χ0n) is 15.4. The summed E-state index contributed by atoms with van der Waals surface area (Å²) < 4.78 is 16.2. The summed E-state index contributed by atoms with van der Waals surface area (Å²) in [6, 6.07) is 3.92. The van der Waals surface area contributed by atoms with Crippen LogP contribution in [0, 0.1) is 5.92 Å². The van der Waals surface area contributed by atoms with Crippen molar-refractivity contribution in [2.75, 3.05) is 53.1 Å². The molecule has 2 rings (SSSR count). The number of hydrogen-bond acceptors (Lipinski definition) is 4. The van der Waals surface area contributed by atoms with E-state index in [4.69, 9.17) is 18.9 Å². The zero-order chi connectivity index (χ0) is 17.0. The van der Waals surface area contributed by atoms with Gasteiger partial charge in [-0.3, -0.25) is 4.99 Å². The van der Waals surface area contributed by atoms with E-state index in [0.717, 1.165) is 77.0 Å². The highest BCUT2D eigenvalue weighted by Gasteiger charge is 2.19. The SMILES string of the molecule is CCOCCCN=C(NCCc1ccco1)N(C)CC1CCOC1.I. The summed E-state index contributed by atoms with van der Waals surface area (Å²) in [5.41, 5.74) is 0. The van der Waals surface area contributed by atoms with Crippen molar-refractivity contribution in [1.82, 2.24) is 10.2 Å². The summed E-state index contributed by atoms with van der Waals surface area (Å²) in [6.45, 7) is 7.83. The van der Waals surface area contributed by atoms with Gasteiger partial charge in [0.1, 0.15) is 5.76 Å². The molecule has 1 saturated heterocycles. The number of rotatable bonds is 10. The Bertz CT molecular complexity index is 462. The Labute approximate surface area is 168 Å². The van der Waals surface area contributed by atoms with Crippen molar-refractivity contribution in [1.29, 1.82) is 0 Å². The number of halogens is 1. The second-order valence-electron chi connectivity index (χ2n) is 6.12. The van der Waals surface area contributed by atoms with Gasteiger partial charge in [-0.2, -0.15) is 0 Å². The summed E-state index contributed by atoms with van der Waals surface area (Å²) in [5, 5.41) is 3.46. The minimum Gasteiger partial charge on any atom is -0.469 e. The molecular weight excluding hydrogens is 433 g/mol. The first-order valence-corrected chi connectivity index (χ1v) is 8.97.